The molecule has 7 N–H and O–H groups in total. The predicted molar refractivity (Wildman–Crippen MR) is 275 cm³/mol. The largest absolute Gasteiger partial charge is 0.487 e. The Morgan fingerprint density at radius 2 is 1.29 bits per heavy atom. The van der Waals surface area contributed by atoms with Crippen molar-refractivity contribution >= 4 is 39.7 Å². The number of aliphatic carboxylic acids is 1. The third-order valence-electron chi connectivity index (χ3n) is 13.0. The fourth-order valence-corrected chi connectivity index (χ4v) is 11.1. The number of ether oxygens (including phenoxy) is 1. The van der Waals surface area contributed by atoms with Gasteiger partial charge in [-0.05, 0) is 86.4 Å². The zero-order valence-electron chi connectivity index (χ0n) is 41.3. The third-order valence-corrected chi connectivity index (χ3v) is 14.6. The first-order chi connectivity index (χ1) is 34.3. The van der Waals surface area contributed by atoms with Crippen LogP contribution in [0.3, 0.4) is 0 Å². The van der Waals surface area contributed by atoms with Crippen LogP contribution in [0.4, 0.5) is 0 Å². The number of hydrogen-bond acceptors (Lipinski definition) is 9. The third kappa shape index (κ3) is 11.7. The first-order valence-corrected chi connectivity index (χ1v) is 25.3. The second kappa shape index (κ2) is 22.1. The summed E-state index contributed by atoms with van der Waals surface area (Å²) in [6.07, 6.45) is 3.99. The van der Waals surface area contributed by atoms with E-state index in [0.717, 1.165) is 27.8 Å². The molecule has 17 heteroatoms. The van der Waals surface area contributed by atoms with Gasteiger partial charge in [0.1, 0.15) is 35.0 Å². The molecular weight excluding hydrogens is 933 g/mol. The zero-order chi connectivity index (χ0) is 51.8. The van der Waals surface area contributed by atoms with Gasteiger partial charge in [0.25, 0.3) is 10.0 Å². The van der Waals surface area contributed by atoms with Crippen molar-refractivity contribution in [2.45, 2.75) is 108 Å². The molecule has 3 atom stereocenters. The van der Waals surface area contributed by atoms with E-state index in [4.69, 9.17) is 15.5 Å². The lowest BCUT2D eigenvalue weighted by Gasteiger charge is -2.37. The van der Waals surface area contributed by atoms with E-state index in [1.54, 1.807) is 50.5 Å². The van der Waals surface area contributed by atoms with E-state index in [0.29, 0.717) is 34.6 Å². The molecule has 0 aliphatic carbocycles. The highest BCUT2D eigenvalue weighted by Crippen LogP contribution is 2.44. The van der Waals surface area contributed by atoms with E-state index in [1.807, 2.05) is 123 Å². The minimum atomic E-state index is -4.18. The number of nitrogens with two attached hydrogens (primary N) is 1. The zero-order valence-corrected chi connectivity index (χ0v) is 42.1. The average Bonchev–Trinajstić information content (AvgIpc) is 3.96. The molecule has 0 bridgehead atoms. The summed E-state index contributed by atoms with van der Waals surface area (Å²) >= 11 is 0. The number of carbonyl (C=O) groups is 4. The van der Waals surface area contributed by atoms with E-state index < -0.39 is 63.0 Å². The second-order valence-electron chi connectivity index (χ2n) is 18.8. The van der Waals surface area contributed by atoms with E-state index in [1.165, 1.54) is 6.92 Å². The Hall–Kier alpha value is -7.79. The number of fused-ring (bicyclic) bond motifs is 1. The molecule has 0 spiro atoms. The number of guanidine groups is 1. The Morgan fingerprint density at radius 1 is 0.764 bits per heavy atom. The van der Waals surface area contributed by atoms with E-state index in [9.17, 15) is 32.7 Å². The van der Waals surface area contributed by atoms with Crippen LogP contribution >= 0.6 is 0 Å². The van der Waals surface area contributed by atoms with Crippen molar-refractivity contribution in [2.75, 3.05) is 6.54 Å². The number of nitrogens with zero attached hydrogens (tertiary/aromatic N) is 3. The average molecular weight is 995 g/mol. The van der Waals surface area contributed by atoms with E-state index >= 15 is 0 Å². The van der Waals surface area contributed by atoms with Crippen LogP contribution in [0.5, 0.6) is 5.75 Å². The SMILES string of the molecule is CC(=O)N[C@@H](CCCN=C(N)NS(=O)(=O)c1c(C)c(C)c2c(c1C)CC(C)(C)O2)C(=O)N[C@@H](Cc1cn(C(c2ccccc2)(c2ccccc2)c2ccccc2)cn1)C(=O)N[C@@H](Cc1ccccc1)C(=O)O. The van der Waals surface area contributed by atoms with Gasteiger partial charge in [0.2, 0.25) is 23.7 Å². The Morgan fingerprint density at radius 3 is 1.83 bits per heavy atom. The van der Waals surface area contributed by atoms with E-state index in [2.05, 4.69) is 25.7 Å². The number of carbonyl (C=O) groups excluding carboxylic acids is 3. The number of sulfonamides is 1. The lowest BCUT2D eigenvalue weighted by molar-refractivity contribution is -0.142. The maximum atomic E-state index is 14.4. The van der Waals surface area contributed by atoms with Gasteiger partial charge >= 0.3 is 5.97 Å². The van der Waals surface area contributed by atoms with Crippen LogP contribution in [0, 0.1) is 20.8 Å². The van der Waals surface area contributed by atoms with Crippen molar-refractivity contribution in [1.82, 2.24) is 30.2 Å². The fourth-order valence-electron chi connectivity index (χ4n) is 9.53. The Balaban J connectivity index is 1.14. The van der Waals surface area contributed by atoms with Crippen LogP contribution in [-0.4, -0.2) is 83.0 Å². The van der Waals surface area contributed by atoms with Crippen LogP contribution in [0.1, 0.15) is 83.8 Å². The summed E-state index contributed by atoms with van der Waals surface area (Å²) in [7, 11) is -4.18. The van der Waals surface area contributed by atoms with Gasteiger partial charge in [0.05, 0.1) is 16.9 Å². The van der Waals surface area contributed by atoms with Crippen molar-refractivity contribution in [2.24, 2.45) is 10.7 Å². The van der Waals surface area contributed by atoms with Gasteiger partial charge in [-0.2, -0.15) is 0 Å². The van der Waals surface area contributed by atoms with Gasteiger partial charge in [0, 0.05) is 44.5 Å². The first kappa shape index (κ1) is 52.0. The molecule has 0 unspecified atom stereocenters. The molecule has 1 aliphatic heterocycles. The number of imidazole rings is 1. The number of nitrogens with one attached hydrogen (secondary N) is 4. The van der Waals surface area contributed by atoms with Crippen LogP contribution in [-0.2, 0) is 54.0 Å². The number of aliphatic imine (C=N–C) groups is 1. The molecule has 0 saturated heterocycles. The van der Waals surface area contributed by atoms with Gasteiger partial charge in [-0.25, -0.2) is 22.9 Å². The molecular formula is C55H62N8O8S. The van der Waals surface area contributed by atoms with Crippen molar-refractivity contribution in [3.63, 3.8) is 0 Å². The van der Waals surface area contributed by atoms with Crippen LogP contribution in [0.2, 0.25) is 0 Å². The molecule has 5 aromatic carbocycles. The highest BCUT2D eigenvalue weighted by Gasteiger charge is 2.40. The Labute approximate surface area is 420 Å². The topological polar surface area (TPSA) is 236 Å². The molecule has 3 amide bonds. The molecule has 0 radical (unpaired) electrons. The van der Waals surface area contributed by atoms with Gasteiger partial charge in [-0.3, -0.25) is 19.4 Å². The number of carboxylic acids is 1. The Bertz CT molecular complexity index is 2960. The molecule has 1 aromatic heterocycles. The monoisotopic (exact) mass is 994 g/mol. The summed E-state index contributed by atoms with van der Waals surface area (Å²) in [4.78, 5) is 63.0. The minimum Gasteiger partial charge on any atom is -0.487 e. The van der Waals surface area contributed by atoms with Crippen molar-refractivity contribution in [3.8, 4) is 5.75 Å². The first-order valence-electron chi connectivity index (χ1n) is 23.8. The van der Waals surface area contributed by atoms with Crippen LogP contribution in [0.25, 0.3) is 0 Å². The van der Waals surface area contributed by atoms with Gasteiger partial charge in [0.15, 0.2) is 0 Å². The van der Waals surface area contributed by atoms with Crippen molar-refractivity contribution < 1.29 is 37.4 Å². The summed E-state index contributed by atoms with van der Waals surface area (Å²) in [6, 6.07) is 34.7. The molecule has 0 fully saturated rings. The van der Waals surface area contributed by atoms with Gasteiger partial charge in [-0.15, -0.1) is 0 Å². The molecule has 6 aromatic rings. The summed E-state index contributed by atoms with van der Waals surface area (Å²) in [5.41, 5.74) is 11.2. The van der Waals surface area contributed by atoms with Gasteiger partial charge in [-0.1, -0.05) is 121 Å². The molecule has 2 heterocycles. The summed E-state index contributed by atoms with van der Waals surface area (Å²) in [6.45, 7) is 10.4. The summed E-state index contributed by atoms with van der Waals surface area (Å²) in [5, 5.41) is 18.4. The number of hydrogen-bond donors (Lipinski definition) is 6. The van der Waals surface area contributed by atoms with Crippen LogP contribution in [0.15, 0.2) is 144 Å². The minimum absolute atomic E-state index is 0.00936. The van der Waals surface area contributed by atoms with Crippen molar-refractivity contribution in [1.29, 1.82) is 0 Å². The number of carboxylic acid groups (broad SMARTS) is 1. The predicted octanol–water partition coefficient (Wildman–Crippen LogP) is 5.78. The molecule has 0 saturated carbocycles. The van der Waals surface area contributed by atoms with Crippen LogP contribution < -0.4 is 31.1 Å². The number of aromatic nitrogens is 2. The van der Waals surface area contributed by atoms with Gasteiger partial charge < -0.3 is 36.1 Å². The normalized spacial score (nSPS) is 14.5. The highest BCUT2D eigenvalue weighted by molar-refractivity contribution is 7.90. The molecule has 1 aliphatic rings. The molecule has 376 valence electrons. The summed E-state index contributed by atoms with van der Waals surface area (Å²) < 4.78 is 38.1. The molecule has 7 rings (SSSR count). The van der Waals surface area contributed by atoms with Crippen molar-refractivity contribution in [3.05, 3.63) is 184 Å². The smallest absolute Gasteiger partial charge is 0.326 e. The lowest BCUT2D eigenvalue weighted by atomic mass is 9.77. The Kier molecular flexibility index (Phi) is 16.0. The second-order valence-corrected chi connectivity index (χ2v) is 20.4. The fraction of sp³-hybridized carbons (Fsp3) is 0.309. The lowest BCUT2D eigenvalue weighted by Crippen LogP contribution is -2.56. The quantitative estimate of drug-likeness (QED) is 0.0234. The standard InChI is InChI=1S/C55H62N8O8S/c1-35-36(2)49(37(3)44-32-54(5,6)71-48(35)44)72(69,70)62-53(56)57-29-19-28-45(59-38(4)64)50(65)60-46(51(66)61-47(52(67)68)30-39-20-11-7-12-21-39)31-43-33-63(34-58-43)55(40-22-13-8-14-23-40,41-24-15-9-16-25-41)42-26-17-10-18-27-42/h7-18,20-27,33-34,45-47H,19,28-32H2,1-6H3,(H,59,64)(H,60,65)(H,61,66)(H,67,68)(H3,56,57,62)/t45-,46-,47-/m0/s1. The number of amides is 3. The maximum Gasteiger partial charge on any atom is 0.326 e. The highest BCUT2D eigenvalue weighted by atomic mass is 32.2. The van der Waals surface area contributed by atoms with E-state index in [-0.39, 0.29) is 43.1 Å². The molecule has 72 heavy (non-hydrogen) atoms. The molecule has 16 nitrogen and oxygen atoms in total. The summed E-state index contributed by atoms with van der Waals surface area (Å²) in [5.74, 6) is -2.98. The maximum absolute atomic E-state index is 14.4. The number of rotatable bonds is 20. The number of benzene rings is 5.